The summed E-state index contributed by atoms with van der Waals surface area (Å²) in [4.78, 5) is 4.19. The second kappa shape index (κ2) is 7.61. The van der Waals surface area contributed by atoms with E-state index in [0.717, 1.165) is 5.56 Å². The van der Waals surface area contributed by atoms with Crippen LogP contribution in [0, 0.1) is 0 Å². The van der Waals surface area contributed by atoms with Gasteiger partial charge in [-0.25, -0.2) is 8.42 Å². The van der Waals surface area contributed by atoms with E-state index in [2.05, 4.69) is 10.1 Å². The molecule has 0 spiro atoms. The van der Waals surface area contributed by atoms with Gasteiger partial charge in [-0.3, -0.25) is 4.98 Å². The molecule has 28 heavy (non-hydrogen) atoms. The Balaban J connectivity index is 1.54. The second-order valence-electron chi connectivity index (χ2n) is 6.28. The molecule has 0 N–H and O–H groups in total. The summed E-state index contributed by atoms with van der Waals surface area (Å²) >= 11 is 0. The van der Waals surface area contributed by atoms with E-state index >= 15 is 0 Å². The van der Waals surface area contributed by atoms with Gasteiger partial charge in [0, 0.05) is 37.3 Å². The molecule has 0 saturated carbocycles. The third-order valence-corrected chi connectivity index (χ3v) is 6.40. The molecule has 3 heterocycles. The number of nitrogens with zero attached hydrogens (tertiary/aromatic N) is 3. The molecule has 0 fully saturated rings. The Bertz CT molecular complexity index is 1070. The molecule has 3 aromatic rings. The van der Waals surface area contributed by atoms with Crippen molar-refractivity contribution in [3.63, 3.8) is 0 Å². The highest BCUT2D eigenvalue weighted by atomic mass is 32.2. The predicted octanol–water partition coefficient (Wildman–Crippen LogP) is 2.40. The minimum atomic E-state index is -3.67. The van der Waals surface area contributed by atoms with Crippen LogP contribution in [-0.2, 0) is 29.6 Å². The van der Waals surface area contributed by atoms with Crippen molar-refractivity contribution in [1.82, 2.24) is 14.4 Å². The van der Waals surface area contributed by atoms with Crippen LogP contribution < -0.4 is 9.47 Å². The first-order valence-corrected chi connectivity index (χ1v) is 10.2. The van der Waals surface area contributed by atoms with Crippen LogP contribution in [0.15, 0.2) is 58.2 Å². The highest BCUT2D eigenvalue weighted by molar-refractivity contribution is 7.89. The third-order valence-electron chi connectivity index (χ3n) is 4.56. The van der Waals surface area contributed by atoms with E-state index in [9.17, 15) is 8.42 Å². The lowest BCUT2D eigenvalue weighted by atomic mass is 10.1. The van der Waals surface area contributed by atoms with Gasteiger partial charge in [0.15, 0.2) is 0 Å². The monoisotopic (exact) mass is 401 g/mol. The Morgan fingerprint density at radius 3 is 2.86 bits per heavy atom. The van der Waals surface area contributed by atoms with Gasteiger partial charge in [0.05, 0.1) is 18.2 Å². The Morgan fingerprint density at radius 1 is 1.21 bits per heavy atom. The fourth-order valence-corrected chi connectivity index (χ4v) is 4.50. The summed E-state index contributed by atoms with van der Waals surface area (Å²) in [7, 11) is -2.16. The standard InChI is InChI=1S/C19H19N3O5S/c1-25-14-4-2-6-16(10-14)28(23,24)22-9-7-19-17(12-22)18(21-27-19)13-26-15-5-3-8-20-11-15/h2-6,8,10-11H,7,9,12-13H2,1H3. The maximum Gasteiger partial charge on any atom is 0.243 e. The van der Waals surface area contributed by atoms with Crippen LogP contribution in [0.2, 0.25) is 0 Å². The van der Waals surface area contributed by atoms with Gasteiger partial charge in [-0.2, -0.15) is 4.31 Å². The molecule has 0 atom stereocenters. The van der Waals surface area contributed by atoms with E-state index in [-0.39, 0.29) is 18.0 Å². The van der Waals surface area contributed by atoms with E-state index in [1.54, 1.807) is 42.7 Å². The number of benzene rings is 1. The quantitative estimate of drug-likeness (QED) is 0.626. The van der Waals surface area contributed by atoms with Gasteiger partial charge >= 0.3 is 0 Å². The molecule has 1 aliphatic rings. The molecule has 0 aliphatic carbocycles. The smallest absolute Gasteiger partial charge is 0.243 e. The fourth-order valence-electron chi connectivity index (χ4n) is 3.05. The van der Waals surface area contributed by atoms with Crippen LogP contribution in [0.25, 0.3) is 0 Å². The van der Waals surface area contributed by atoms with Crippen molar-refractivity contribution in [2.75, 3.05) is 13.7 Å². The molecule has 9 heteroatoms. The van der Waals surface area contributed by atoms with E-state index < -0.39 is 10.0 Å². The van der Waals surface area contributed by atoms with Gasteiger partial charge in [-0.1, -0.05) is 11.2 Å². The summed E-state index contributed by atoms with van der Waals surface area (Å²) in [5, 5.41) is 4.07. The van der Waals surface area contributed by atoms with Crippen LogP contribution in [0.1, 0.15) is 17.0 Å². The molecule has 0 bridgehead atoms. The number of methoxy groups -OCH3 is 1. The van der Waals surface area contributed by atoms with Crippen molar-refractivity contribution >= 4 is 10.0 Å². The largest absolute Gasteiger partial charge is 0.497 e. The van der Waals surface area contributed by atoms with Crippen LogP contribution in [0.5, 0.6) is 11.5 Å². The van der Waals surface area contributed by atoms with Crippen LogP contribution in [-0.4, -0.2) is 36.5 Å². The van der Waals surface area contributed by atoms with Crippen molar-refractivity contribution in [3.8, 4) is 11.5 Å². The average Bonchev–Trinajstić information content (AvgIpc) is 3.15. The molecule has 0 radical (unpaired) electrons. The summed E-state index contributed by atoms with van der Waals surface area (Å²) in [5.41, 5.74) is 1.34. The summed E-state index contributed by atoms with van der Waals surface area (Å²) < 4.78 is 43.8. The van der Waals surface area contributed by atoms with Crippen LogP contribution >= 0.6 is 0 Å². The number of pyridine rings is 1. The molecule has 1 aromatic carbocycles. The first-order chi connectivity index (χ1) is 13.6. The number of aromatic nitrogens is 2. The first kappa shape index (κ1) is 18.5. The lowest BCUT2D eigenvalue weighted by Crippen LogP contribution is -2.36. The molecule has 8 nitrogen and oxygen atoms in total. The molecule has 0 unspecified atom stereocenters. The number of rotatable bonds is 6. The Hall–Kier alpha value is -2.91. The maximum atomic E-state index is 13.1. The zero-order chi connectivity index (χ0) is 19.6. The number of ether oxygens (including phenoxy) is 2. The van der Waals surface area contributed by atoms with Crippen molar-refractivity contribution in [3.05, 3.63) is 65.8 Å². The van der Waals surface area contributed by atoms with Gasteiger partial charge < -0.3 is 14.0 Å². The summed E-state index contributed by atoms with van der Waals surface area (Å²) in [6.07, 6.45) is 3.72. The van der Waals surface area contributed by atoms with Crippen LogP contribution in [0.3, 0.4) is 0 Å². The summed E-state index contributed by atoms with van der Waals surface area (Å²) in [6.45, 7) is 0.687. The van der Waals surface area contributed by atoms with Crippen molar-refractivity contribution < 1.29 is 22.4 Å². The van der Waals surface area contributed by atoms with E-state index in [4.69, 9.17) is 14.0 Å². The predicted molar refractivity (Wildman–Crippen MR) is 99.4 cm³/mol. The molecule has 0 amide bonds. The number of fused-ring (bicyclic) bond motifs is 1. The van der Waals surface area contributed by atoms with Crippen molar-refractivity contribution in [1.29, 1.82) is 0 Å². The maximum absolute atomic E-state index is 13.1. The summed E-state index contributed by atoms with van der Waals surface area (Å²) in [5.74, 6) is 1.80. The van der Waals surface area contributed by atoms with Gasteiger partial charge in [-0.05, 0) is 24.3 Å². The normalized spacial score (nSPS) is 14.5. The third kappa shape index (κ3) is 3.58. The first-order valence-electron chi connectivity index (χ1n) is 8.71. The topological polar surface area (TPSA) is 94.8 Å². The molecular weight excluding hydrogens is 382 g/mol. The molecular formula is C19H19N3O5S. The van der Waals surface area contributed by atoms with E-state index in [0.29, 0.717) is 35.9 Å². The molecule has 4 rings (SSSR count). The average molecular weight is 401 g/mol. The van der Waals surface area contributed by atoms with Gasteiger partial charge in [0.1, 0.15) is 29.6 Å². The second-order valence-corrected chi connectivity index (χ2v) is 8.21. The zero-order valence-electron chi connectivity index (χ0n) is 15.2. The van der Waals surface area contributed by atoms with Crippen molar-refractivity contribution in [2.45, 2.75) is 24.5 Å². The van der Waals surface area contributed by atoms with Gasteiger partial charge in [-0.15, -0.1) is 0 Å². The highest BCUT2D eigenvalue weighted by Crippen LogP contribution is 2.29. The Morgan fingerprint density at radius 2 is 2.07 bits per heavy atom. The molecule has 146 valence electrons. The lowest BCUT2D eigenvalue weighted by Gasteiger charge is -2.25. The molecule has 0 saturated heterocycles. The fraction of sp³-hybridized carbons (Fsp3) is 0.263. The van der Waals surface area contributed by atoms with Gasteiger partial charge in [0.25, 0.3) is 0 Å². The lowest BCUT2D eigenvalue weighted by molar-refractivity contribution is 0.286. The number of sulfonamides is 1. The highest BCUT2D eigenvalue weighted by Gasteiger charge is 2.32. The number of hydrogen-bond acceptors (Lipinski definition) is 7. The minimum absolute atomic E-state index is 0.178. The Labute approximate surface area is 162 Å². The minimum Gasteiger partial charge on any atom is -0.497 e. The van der Waals surface area contributed by atoms with Gasteiger partial charge in [0.2, 0.25) is 10.0 Å². The Kier molecular flexibility index (Phi) is 5.01. The summed E-state index contributed by atoms with van der Waals surface area (Å²) in [6, 6.07) is 10.0. The molecule has 2 aromatic heterocycles. The van der Waals surface area contributed by atoms with Crippen molar-refractivity contribution in [2.24, 2.45) is 0 Å². The van der Waals surface area contributed by atoms with Crippen LogP contribution in [0.4, 0.5) is 0 Å². The number of hydrogen-bond donors (Lipinski definition) is 0. The molecule has 1 aliphatic heterocycles. The van der Waals surface area contributed by atoms with E-state index in [1.807, 2.05) is 0 Å². The zero-order valence-corrected chi connectivity index (χ0v) is 16.1. The van der Waals surface area contributed by atoms with E-state index in [1.165, 1.54) is 17.5 Å². The SMILES string of the molecule is COc1cccc(S(=O)(=O)N2CCc3onc(COc4cccnc4)c3C2)c1.